The van der Waals surface area contributed by atoms with Gasteiger partial charge in [0.05, 0.1) is 15.8 Å². The Morgan fingerprint density at radius 3 is 2.75 bits per heavy atom. The van der Waals surface area contributed by atoms with E-state index in [1.54, 1.807) is 23.5 Å². The van der Waals surface area contributed by atoms with Crippen molar-refractivity contribution in [2.24, 2.45) is 7.05 Å². The number of hydrogen-bond acceptors (Lipinski definition) is 8. The van der Waals surface area contributed by atoms with Crippen LogP contribution in [0.4, 0.5) is 4.39 Å². The molecule has 28 heavy (non-hydrogen) atoms. The van der Waals surface area contributed by atoms with Crippen LogP contribution in [0, 0.1) is 19.7 Å². The lowest BCUT2D eigenvalue weighted by atomic mass is 10.1. The first-order valence-electron chi connectivity index (χ1n) is 8.51. The van der Waals surface area contributed by atoms with Gasteiger partial charge in [0.25, 0.3) is 5.89 Å². The molecule has 10 heteroatoms. The van der Waals surface area contributed by atoms with Crippen molar-refractivity contribution in [1.82, 2.24) is 29.9 Å². The minimum Gasteiger partial charge on any atom is -0.419 e. The minimum absolute atomic E-state index is 0.167. The smallest absolute Gasteiger partial charge is 0.250 e. The molecule has 7 nitrogen and oxygen atoms in total. The third kappa shape index (κ3) is 3.57. The lowest BCUT2D eigenvalue weighted by Crippen LogP contribution is -1.97. The Morgan fingerprint density at radius 1 is 1.18 bits per heavy atom. The van der Waals surface area contributed by atoms with Crippen molar-refractivity contribution in [3.8, 4) is 23.0 Å². The van der Waals surface area contributed by atoms with Crippen molar-refractivity contribution >= 4 is 23.1 Å². The van der Waals surface area contributed by atoms with E-state index in [0.717, 1.165) is 16.3 Å². The molecule has 0 bridgehead atoms. The van der Waals surface area contributed by atoms with Gasteiger partial charge in [-0.15, -0.1) is 31.7 Å². The molecule has 4 rings (SSSR count). The number of thioether (sulfide) groups is 1. The van der Waals surface area contributed by atoms with E-state index in [1.165, 1.54) is 17.8 Å². The van der Waals surface area contributed by atoms with E-state index < -0.39 is 5.82 Å². The van der Waals surface area contributed by atoms with Crippen molar-refractivity contribution in [1.29, 1.82) is 0 Å². The average Bonchev–Trinajstić information content (AvgIpc) is 3.38. The van der Waals surface area contributed by atoms with Crippen LogP contribution in [0.15, 0.2) is 33.2 Å². The maximum Gasteiger partial charge on any atom is 0.250 e. The molecular weight excluding hydrogens is 399 g/mol. The van der Waals surface area contributed by atoms with E-state index in [0.29, 0.717) is 22.4 Å². The van der Waals surface area contributed by atoms with Gasteiger partial charge in [0.2, 0.25) is 5.89 Å². The second-order valence-electron chi connectivity index (χ2n) is 6.31. The minimum atomic E-state index is -0.391. The van der Waals surface area contributed by atoms with Crippen LogP contribution >= 0.6 is 23.1 Å². The number of halogens is 1. The maximum absolute atomic E-state index is 14.1. The van der Waals surface area contributed by atoms with Crippen LogP contribution in [0.5, 0.6) is 0 Å². The zero-order valence-electron chi connectivity index (χ0n) is 15.7. The molecule has 3 heterocycles. The molecule has 3 aromatic heterocycles. The standard InChI is InChI=1S/C18H17FN6OS2/c1-9-5-6-13(19)12(7-9)17-23-22-16(26-17)10(2)28-18-24-21-15(25(18)4)14-8-27-11(3)20-14/h5-8,10H,1-4H3. The highest BCUT2D eigenvalue weighted by Gasteiger charge is 2.22. The first-order valence-corrected chi connectivity index (χ1v) is 10.3. The third-order valence-corrected chi connectivity index (χ3v) is 6.00. The molecule has 0 saturated heterocycles. The highest BCUT2D eigenvalue weighted by molar-refractivity contribution is 7.99. The summed E-state index contributed by atoms with van der Waals surface area (Å²) < 4.78 is 21.7. The van der Waals surface area contributed by atoms with E-state index in [1.807, 2.05) is 37.8 Å². The molecule has 1 aromatic carbocycles. The van der Waals surface area contributed by atoms with Crippen molar-refractivity contribution < 1.29 is 8.81 Å². The summed E-state index contributed by atoms with van der Waals surface area (Å²) in [6.45, 7) is 5.76. The van der Waals surface area contributed by atoms with Gasteiger partial charge < -0.3 is 8.98 Å². The normalized spacial score (nSPS) is 12.5. The third-order valence-electron chi connectivity index (χ3n) is 4.11. The number of nitrogens with zero attached hydrogens (tertiary/aromatic N) is 6. The Hall–Kier alpha value is -2.59. The van der Waals surface area contributed by atoms with E-state index in [2.05, 4.69) is 25.4 Å². The Labute approximate surface area is 169 Å². The maximum atomic E-state index is 14.1. The highest BCUT2D eigenvalue weighted by atomic mass is 32.2. The van der Waals surface area contributed by atoms with Gasteiger partial charge in [-0.25, -0.2) is 9.37 Å². The van der Waals surface area contributed by atoms with Crippen molar-refractivity contribution in [2.45, 2.75) is 31.2 Å². The van der Waals surface area contributed by atoms with Crippen LogP contribution in [0.2, 0.25) is 0 Å². The average molecular weight is 417 g/mol. The van der Waals surface area contributed by atoms with Gasteiger partial charge in [0, 0.05) is 12.4 Å². The fourth-order valence-corrected chi connectivity index (χ4v) is 4.06. The molecule has 0 aliphatic heterocycles. The predicted octanol–water partition coefficient (Wildman–Crippen LogP) is 4.60. The van der Waals surface area contributed by atoms with Crippen molar-refractivity contribution in [3.63, 3.8) is 0 Å². The van der Waals surface area contributed by atoms with E-state index >= 15 is 0 Å². The topological polar surface area (TPSA) is 82.5 Å². The fourth-order valence-electron chi connectivity index (χ4n) is 2.63. The molecule has 0 aliphatic carbocycles. The first-order chi connectivity index (χ1) is 13.4. The molecule has 0 spiro atoms. The zero-order chi connectivity index (χ0) is 19.8. The number of benzene rings is 1. The Morgan fingerprint density at radius 2 is 2.00 bits per heavy atom. The Bertz CT molecular complexity index is 1140. The molecule has 0 saturated carbocycles. The SMILES string of the molecule is Cc1ccc(F)c(-c2nnc(C(C)Sc3nnc(-c4csc(C)n4)n3C)o2)c1. The highest BCUT2D eigenvalue weighted by Crippen LogP contribution is 2.35. The number of aryl methyl sites for hydroxylation is 2. The second kappa shape index (κ2) is 7.44. The van der Waals surface area contributed by atoms with Gasteiger partial charge in [-0.1, -0.05) is 23.4 Å². The monoisotopic (exact) mass is 416 g/mol. The molecule has 1 atom stereocenters. The molecule has 0 radical (unpaired) electrons. The largest absolute Gasteiger partial charge is 0.419 e. The van der Waals surface area contributed by atoms with Crippen LogP contribution in [-0.4, -0.2) is 29.9 Å². The quantitative estimate of drug-likeness (QED) is 0.440. The Balaban J connectivity index is 1.55. The number of aromatic nitrogens is 6. The molecule has 144 valence electrons. The summed E-state index contributed by atoms with van der Waals surface area (Å²) in [6.07, 6.45) is 0. The summed E-state index contributed by atoms with van der Waals surface area (Å²) in [6, 6.07) is 4.79. The summed E-state index contributed by atoms with van der Waals surface area (Å²) in [5.41, 5.74) is 2.02. The summed E-state index contributed by atoms with van der Waals surface area (Å²) >= 11 is 3.00. The molecule has 0 aliphatic rings. The summed E-state index contributed by atoms with van der Waals surface area (Å²) in [5, 5.41) is 20.0. The molecule has 0 N–H and O–H groups in total. The molecular formula is C18H17FN6OS2. The second-order valence-corrected chi connectivity index (χ2v) is 8.68. The number of thiazole rings is 1. The number of rotatable bonds is 5. The molecule has 4 aromatic rings. The molecule has 0 amide bonds. The lowest BCUT2D eigenvalue weighted by Gasteiger charge is -2.06. The zero-order valence-corrected chi connectivity index (χ0v) is 17.3. The fraction of sp³-hybridized carbons (Fsp3) is 0.278. The van der Waals surface area contributed by atoms with Gasteiger partial charge in [0.15, 0.2) is 11.0 Å². The number of hydrogen-bond donors (Lipinski definition) is 0. The van der Waals surface area contributed by atoms with Crippen LogP contribution in [0.3, 0.4) is 0 Å². The van der Waals surface area contributed by atoms with Gasteiger partial charge in [0.1, 0.15) is 11.5 Å². The van der Waals surface area contributed by atoms with E-state index in [9.17, 15) is 4.39 Å². The van der Waals surface area contributed by atoms with Gasteiger partial charge in [-0.2, -0.15) is 0 Å². The van der Waals surface area contributed by atoms with Crippen LogP contribution < -0.4 is 0 Å². The Kier molecular flexibility index (Phi) is 4.98. The van der Waals surface area contributed by atoms with E-state index in [4.69, 9.17) is 4.42 Å². The van der Waals surface area contributed by atoms with Crippen LogP contribution in [0.25, 0.3) is 23.0 Å². The van der Waals surface area contributed by atoms with E-state index in [-0.39, 0.29) is 11.1 Å². The summed E-state index contributed by atoms with van der Waals surface area (Å²) in [4.78, 5) is 4.45. The lowest BCUT2D eigenvalue weighted by molar-refractivity contribution is 0.504. The first kappa shape index (κ1) is 18.8. The van der Waals surface area contributed by atoms with Gasteiger partial charge >= 0.3 is 0 Å². The van der Waals surface area contributed by atoms with Crippen LogP contribution in [0.1, 0.15) is 28.6 Å². The van der Waals surface area contributed by atoms with Crippen LogP contribution in [-0.2, 0) is 7.05 Å². The van der Waals surface area contributed by atoms with Gasteiger partial charge in [-0.05, 0) is 32.9 Å². The molecule has 0 fully saturated rings. The van der Waals surface area contributed by atoms with Gasteiger partial charge in [-0.3, -0.25) is 0 Å². The predicted molar refractivity (Wildman–Crippen MR) is 106 cm³/mol. The summed E-state index contributed by atoms with van der Waals surface area (Å²) in [5.74, 6) is 0.875. The molecule has 1 unspecified atom stereocenters. The van der Waals surface area contributed by atoms with Crippen molar-refractivity contribution in [2.75, 3.05) is 0 Å². The summed E-state index contributed by atoms with van der Waals surface area (Å²) in [7, 11) is 1.89. The van der Waals surface area contributed by atoms with Crippen molar-refractivity contribution in [3.05, 3.63) is 45.9 Å².